The molecule has 0 aromatic carbocycles. The minimum absolute atomic E-state index is 0.134. The molecule has 98 valence electrons. The van der Waals surface area contributed by atoms with Gasteiger partial charge in [0, 0.05) is 22.2 Å². The molecular weight excluding hydrogens is 244 g/mol. The lowest BCUT2D eigenvalue weighted by molar-refractivity contribution is 0.0182. The molecule has 1 fully saturated rings. The van der Waals surface area contributed by atoms with E-state index in [1.165, 1.54) is 37.0 Å². The molecule has 0 atom stereocenters. The zero-order valence-electron chi connectivity index (χ0n) is 10.7. The van der Waals surface area contributed by atoms with E-state index < -0.39 is 0 Å². The van der Waals surface area contributed by atoms with Gasteiger partial charge in [0.2, 0.25) is 0 Å². The van der Waals surface area contributed by atoms with Gasteiger partial charge in [-0.1, -0.05) is 31.1 Å². The minimum Gasteiger partial charge on any atom is -0.395 e. The van der Waals surface area contributed by atoms with Crippen LogP contribution in [-0.2, 0) is 11.3 Å². The first-order valence-electron chi connectivity index (χ1n) is 6.67. The standard InChI is InChI=1S/C15H20O2S/c16-9-5-4-6-13-10-15(18-12-13)11-17-14-7-2-1-3-8-14/h10,12,14,16H,1-3,5,7-9,11H2. The van der Waals surface area contributed by atoms with Crippen LogP contribution in [0.15, 0.2) is 11.4 Å². The summed E-state index contributed by atoms with van der Waals surface area (Å²) in [6.45, 7) is 0.853. The molecule has 1 aromatic rings. The third kappa shape index (κ3) is 4.45. The van der Waals surface area contributed by atoms with E-state index >= 15 is 0 Å². The van der Waals surface area contributed by atoms with Gasteiger partial charge in [0.25, 0.3) is 0 Å². The quantitative estimate of drug-likeness (QED) is 0.845. The van der Waals surface area contributed by atoms with Crippen molar-refractivity contribution in [3.63, 3.8) is 0 Å². The van der Waals surface area contributed by atoms with Crippen molar-refractivity contribution in [3.05, 3.63) is 21.9 Å². The largest absolute Gasteiger partial charge is 0.395 e. The first kappa shape index (κ1) is 13.6. The Morgan fingerprint density at radius 2 is 2.17 bits per heavy atom. The third-order valence-electron chi connectivity index (χ3n) is 3.14. The second kappa shape index (κ2) is 7.58. The first-order chi connectivity index (χ1) is 8.88. The normalized spacial score (nSPS) is 16.3. The van der Waals surface area contributed by atoms with Gasteiger partial charge in [-0.2, -0.15) is 0 Å². The van der Waals surface area contributed by atoms with Crippen LogP contribution < -0.4 is 0 Å². The van der Waals surface area contributed by atoms with Crippen molar-refractivity contribution >= 4 is 11.3 Å². The number of hydrogen-bond donors (Lipinski definition) is 1. The summed E-state index contributed by atoms with van der Waals surface area (Å²) in [5.41, 5.74) is 1.04. The van der Waals surface area contributed by atoms with Crippen LogP contribution >= 0.6 is 11.3 Å². The maximum absolute atomic E-state index is 8.66. The molecule has 0 unspecified atom stereocenters. The molecule has 0 aliphatic heterocycles. The van der Waals surface area contributed by atoms with Gasteiger partial charge in [0.1, 0.15) is 0 Å². The van der Waals surface area contributed by atoms with Gasteiger partial charge in [-0.25, -0.2) is 0 Å². The van der Waals surface area contributed by atoms with Crippen molar-refractivity contribution in [2.45, 2.75) is 51.2 Å². The highest BCUT2D eigenvalue weighted by Crippen LogP contribution is 2.23. The highest BCUT2D eigenvalue weighted by molar-refractivity contribution is 7.10. The summed E-state index contributed by atoms with van der Waals surface area (Å²) in [7, 11) is 0. The van der Waals surface area contributed by atoms with E-state index in [9.17, 15) is 0 Å². The molecule has 1 heterocycles. The fraction of sp³-hybridized carbons (Fsp3) is 0.600. The lowest BCUT2D eigenvalue weighted by Gasteiger charge is -2.21. The maximum Gasteiger partial charge on any atom is 0.0813 e. The summed E-state index contributed by atoms with van der Waals surface area (Å²) in [5.74, 6) is 5.98. The van der Waals surface area contributed by atoms with Crippen LogP contribution in [0.4, 0.5) is 0 Å². The topological polar surface area (TPSA) is 29.5 Å². The third-order valence-corrected chi connectivity index (χ3v) is 4.05. The summed E-state index contributed by atoms with van der Waals surface area (Å²) < 4.78 is 5.93. The molecule has 2 rings (SSSR count). The number of ether oxygens (including phenoxy) is 1. The van der Waals surface area contributed by atoms with Gasteiger partial charge >= 0.3 is 0 Å². The molecule has 1 N–H and O–H groups in total. The van der Waals surface area contributed by atoms with Crippen LogP contribution in [0.5, 0.6) is 0 Å². The maximum atomic E-state index is 8.66. The van der Waals surface area contributed by atoms with Gasteiger partial charge < -0.3 is 9.84 Å². The fourth-order valence-corrected chi connectivity index (χ4v) is 2.91. The summed E-state index contributed by atoms with van der Waals surface area (Å²) >= 11 is 1.71. The van der Waals surface area contributed by atoms with Crippen LogP contribution in [0.1, 0.15) is 49.0 Å². The molecular formula is C15H20O2S. The molecule has 0 spiro atoms. The highest BCUT2D eigenvalue weighted by atomic mass is 32.1. The summed E-state index contributed by atoms with van der Waals surface area (Å²) in [5, 5.41) is 10.7. The highest BCUT2D eigenvalue weighted by Gasteiger charge is 2.13. The van der Waals surface area contributed by atoms with Crippen molar-refractivity contribution < 1.29 is 9.84 Å². The predicted molar refractivity (Wildman–Crippen MR) is 74.6 cm³/mol. The van der Waals surface area contributed by atoms with E-state index in [0.717, 1.165) is 12.2 Å². The second-order valence-electron chi connectivity index (χ2n) is 4.65. The van der Waals surface area contributed by atoms with Gasteiger partial charge in [-0.15, -0.1) is 11.3 Å². The Hall–Kier alpha value is -0.820. The molecule has 2 nitrogen and oxygen atoms in total. The average Bonchev–Trinajstić information content (AvgIpc) is 2.86. The zero-order valence-corrected chi connectivity index (χ0v) is 11.5. The van der Waals surface area contributed by atoms with E-state index in [4.69, 9.17) is 9.84 Å². The van der Waals surface area contributed by atoms with Crippen LogP contribution in [0.3, 0.4) is 0 Å². The molecule has 1 aliphatic carbocycles. The molecule has 3 heteroatoms. The van der Waals surface area contributed by atoms with Gasteiger partial charge in [-0.3, -0.25) is 0 Å². The fourth-order valence-electron chi connectivity index (χ4n) is 2.17. The number of aliphatic hydroxyl groups excluding tert-OH is 1. The van der Waals surface area contributed by atoms with E-state index in [2.05, 4.69) is 23.3 Å². The summed E-state index contributed by atoms with van der Waals surface area (Å²) in [6.07, 6.45) is 7.43. The van der Waals surface area contributed by atoms with Crippen LogP contribution in [-0.4, -0.2) is 17.8 Å². The Morgan fingerprint density at radius 3 is 2.94 bits per heavy atom. The average molecular weight is 264 g/mol. The van der Waals surface area contributed by atoms with Gasteiger partial charge in [0.15, 0.2) is 0 Å². The molecule has 0 amide bonds. The molecule has 1 aromatic heterocycles. The molecule has 1 aliphatic rings. The molecule has 18 heavy (non-hydrogen) atoms. The molecule has 1 saturated carbocycles. The molecule has 0 radical (unpaired) electrons. The lowest BCUT2D eigenvalue weighted by Crippen LogP contribution is -2.15. The molecule has 0 saturated heterocycles. The van der Waals surface area contributed by atoms with E-state index in [-0.39, 0.29) is 6.61 Å². The van der Waals surface area contributed by atoms with Crippen molar-refractivity contribution in [3.8, 4) is 11.8 Å². The Balaban J connectivity index is 1.77. The van der Waals surface area contributed by atoms with Gasteiger partial charge in [-0.05, 0) is 18.9 Å². The summed E-state index contributed by atoms with van der Waals surface area (Å²) in [6, 6.07) is 2.10. The monoisotopic (exact) mass is 264 g/mol. The van der Waals surface area contributed by atoms with Crippen molar-refractivity contribution in [1.82, 2.24) is 0 Å². The smallest absolute Gasteiger partial charge is 0.0813 e. The van der Waals surface area contributed by atoms with Gasteiger partial charge in [0.05, 0.1) is 19.3 Å². The second-order valence-corrected chi connectivity index (χ2v) is 5.64. The Bertz CT molecular complexity index is 408. The van der Waals surface area contributed by atoms with Crippen molar-refractivity contribution in [1.29, 1.82) is 0 Å². The lowest BCUT2D eigenvalue weighted by atomic mass is 9.98. The van der Waals surface area contributed by atoms with E-state index in [1.54, 1.807) is 11.3 Å². The molecule has 0 bridgehead atoms. The van der Waals surface area contributed by atoms with E-state index in [1.807, 2.05) is 0 Å². The van der Waals surface area contributed by atoms with Crippen LogP contribution in [0.2, 0.25) is 0 Å². The van der Waals surface area contributed by atoms with E-state index in [0.29, 0.717) is 12.5 Å². The minimum atomic E-state index is 0.134. The number of thiophene rings is 1. The van der Waals surface area contributed by atoms with Crippen LogP contribution in [0.25, 0.3) is 0 Å². The summed E-state index contributed by atoms with van der Waals surface area (Å²) in [4.78, 5) is 1.24. The van der Waals surface area contributed by atoms with Crippen LogP contribution in [0, 0.1) is 11.8 Å². The Morgan fingerprint density at radius 1 is 1.33 bits per heavy atom. The SMILES string of the molecule is OCCC#Cc1csc(COC2CCCCC2)c1. The predicted octanol–water partition coefficient (Wildman–Crippen LogP) is 3.33. The number of rotatable bonds is 4. The Labute approximate surface area is 113 Å². The van der Waals surface area contributed by atoms with Crippen molar-refractivity contribution in [2.24, 2.45) is 0 Å². The number of aliphatic hydroxyl groups is 1. The Kier molecular flexibility index (Phi) is 5.73. The van der Waals surface area contributed by atoms with Crippen molar-refractivity contribution in [2.75, 3.05) is 6.61 Å². The number of hydrogen-bond acceptors (Lipinski definition) is 3. The first-order valence-corrected chi connectivity index (χ1v) is 7.55. The zero-order chi connectivity index (χ0) is 12.6.